The predicted octanol–water partition coefficient (Wildman–Crippen LogP) is 4.63. The fourth-order valence-electron chi connectivity index (χ4n) is 2.69. The monoisotopic (exact) mass is 558 g/mol. The molecule has 2 aromatic heterocycles. The van der Waals surface area contributed by atoms with Gasteiger partial charge in [0.05, 0.1) is 0 Å². The summed E-state index contributed by atoms with van der Waals surface area (Å²) in [5.74, 6) is 0.228. The zero-order chi connectivity index (χ0) is 22.8. The summed E-state index contributed by atoms with van der Waals surface area (Å²) in [5, 5.41) is 7.88. The number of rotatable bonds is 8. The smallest absolute Gasteiger partial charge is 0.164 e. The van der Waals surface area contributed by atoms with E-state index in [-0.39, 0.29) is 11.6 Å². The van der Waals surface area contributed by atoms with Crippen LogP contribution in [0.15, 0.2) is 82.8 Å². The van der Waals surface area contributed by atoms with Crippen molar-refractivity contribution in [2.75, 3.05) is 0 Å². The fourth-order valence-corrected chi connectivity index (χ4v) is 3.22. The predicted molar refractivity (Wildman–Crippen MR) is 126 cm³/mol. The number of hydrogen-bond donors (Lipinski definition) is 0. The number of carbonyl (C=O) groups is 2. The van der Waals surface area contributed by atoms with Crippen molar-refractivity contribution >= 4 is 43.4 Å². The lowest BCUT2D eigenvalue weighted by Crippen LogP contribution is -2.06. The summed E-state index contributed by atoms with van der Waals surface area (Å²) in [5.41, 5.74) is 1.45. The van der Waals surface area contributed by atoms with Gasteiger partial charge in [-0.2, -0.15) is 10.2 Å². The van der Waals surface area contributed by atoms with Crippen molar-refractivity contribution in [3.8, 4) is 0 Å². The average molecular weight is 560 g/mol. The van der Waals surface area contributed by atoms with Gasteiger partial charge >= 0.3 is 0 Å². The van der Waals surface area contributed by atoms with Gasteiger partial charge < -0.3 is 0 Å². The molecule has 0 fully saturated rings. The number of aromatic nitrogens is 6. The van der Waals surface area contributed by atoms with Crippen molar-refractivity contribution in [1.82, 2.24) is 29.5 Å². The molecule has 10 heteroatoms. The lowest BCUT2D eigenvalue weighted by atomic mass is 10.1. The third kappa shape index (κ3) is 7.61. The molecule has 0 aliphatic heterocycles. The van der Waals surface area contributed by atoms with E-state index in [1.807, 2.05) is 48.5 Å². The lowest BCUT2D eigenvalue weighted by Gasteiger charge is -2.01. The van der Waals surface area contributed by atoms with Gasteiger partial charge in [0, 0.05) is 46.0 Å². The first-order valence-corrected chi connectivity index (χ1v) is 11.3. The van der Waals surface area contributed by atoms with Gasteiger partial charge in [0.2, 0.25) is 0 Å². The van der Waals surface area contributed by atoms with E-state index in [2.05, 4.69) is 52.0 Å². The molecule has 0 bridgehead atoms. The van der Waals surface area contributed by atoms with Crippen molar-refractivity contribution in [3.05, 3.63) is 93.9 Å². The Morgan fingerprint density at radius 2 is 1.03 bits per heavy atom. The molecule has 2 heterocycles. The summed E-state index contributed by atoms with van der Waals surface area (Å²) >= 11 is 6.66. The van der Waals surface area contributed by atoms with Crippen LogP contribution in [0.3, 0.4) is 0 Å². The molecule has 32 heavy (non-hydrogen) atoms. The largest absolute Gasteiger partial charge is 0.294 e. The first-order valence-electron chi connectivity index (χ1n) is 9.73. The maximum absolute atomic E-state index is 11.8. The van der Waals surface area contributed by atoms with Crippen molar-refractivity contribution < 1.29 is 9.59 Å². The summed E-state index contributed by atoms with van der Waals surface area (Å²) in [6, 6.07) is 14.7. The van der Waals surface area contributed by atoms with Crippen molar-refractivity contribution in [3.63, 3.8) is 0 Å². The third-order valence-electron chi connectivity index (χ3n) is 4.40. The number of nitrogens with zero attached hydrogens (tertiary/aromatic N) is 6. The van der Waals surface area contributed by atoms with Crippen LogP contribution in [0.4, 0.5) is 0 Å². The van der Waals surface area contributed by atoms with Gasteiger partial charge in [0.1, 0.15) is 25.3 Å². The highest BCUT2D eigenvalue weighted by Gasteiger charge is 2.06. The van der Waals surface area contributed by atoms with Gasteiger partial charge in [0.15, 0.2) is 11.6 Å². The zero-order valence-electron chi connectivity index (χ0n) is 17.0. The molecule has 0 N–H and O–H groups in total. The van der Waals surface area contributed by atoms with Gasteiger partial charge in [-0.3, -0.25) is 19.0 Å². The van der Waals surface area contributed by atoms with Crippen LogP contribution in [0.25, 0.3) is 0 Å². The van der Waals surface area contributed by atoms with Gasteiger partial charge in [-0.1, -0.05) is 56.1 Å². The molecule has 0 saturated heterocycles. The van der Waals surface area contributed by atoms with Gasteiger partial charge in [-0.15, -0.1) is 0 Å². The molecular weight excluding hydrogens is 540 g/mol. The number of hydrogen-bond acceptors (Lipinski definition) is 6. The van der Waals surface area contributed by atoms with E-state index < -0.39 is 0 Å². The second-order valence-electron chi connectivity index (χ2n) is 6.68. The Bertz CT molecular complexity index is 1020. The topological polar surface area (TPSA) is 95.6 Å². The molecular formula is C22H20Br2N6O2. The Morgan fingerprint density at radius 1 is 0.656 bits per heavy atom. The Balaban J connectivity index is 0.000000181. The molecule has 0 spiro atoms. The summed E-state index contributed by atoms with van der Waals surface area (Å²) < 4.78 is 5.24. The molecule has 0 aliphatic rings. The summed E-state index contributed by atoms with van der Waals surface area (Å²) in [4.78, 5) is 31.2. The number of aryl methyl sites for hydroxylation is 2. The van der Waals surface area contributed by atoms with Crippen LogP contribution >= 0.6 is 31.9 Å². The van der Waals surface area contributed by atoms with Crippen molar-refractivity contribution in [2.24, 2.45) is 0 Å². The zero-order valence-corrected chi connectivity index (χ0v) is 20.2. The molecule has 0 atom stereocenters. The molecule has 0 aliphatic carbocycles. The highest BCUT2D eigenvalue weighted by Crippen LogP contribution is 2.13. The summed E-state index contributed by atoms with van der Waals surface area (Å²) in [6.07, 6.45) is 7.01. The quantitative estimate of drug-likeness (QED) is 0.292. The molecule has 0 radical (unpaired) electrons. The van der Waals surface area contributed by atoms with Crippen molar-refractivity contribution in [2.45, 2.75) is 25.9 Å². The average Bonchev–Trinajstić information content (AvgIpc) is 3.51. The number of ketones is 2. The minimum Gasteiger partial charge on any atom is -0.294 e. The molecule has 2 aromatic carbocycles. The first kappa shape index (κ1) is 23.7. The van der Waals surface area contributed by atoms with Crippen LogP contribution < -0.4 is 0 Å². The van der Waals surface area contributed by atoms with E-state index in [4.69, 9.17) is 0 Å². The summed E-state index contributed by atoms with van der Waals surface area (Å²) in [7, 11) is 0. The number of carbonyl (C=O) groups excluding carboxylic acids is 2. The van der Waals surface area contributed by atoms with Gasteiger partial charge in [0.25, 0.3) is 0 Å². The minimum atomic E-state index is 0.114. The van der Waals surface area contributed by atoms with E-state index in [0.717, 1.165) is 20.1 Å². The number of benzene rings is 2. The molecule has 0 amide bonds. The minimum absolute atomic E-state index is 0.114. The van der Waals surface area contributed by atoms with E-state index in [1.165, 1.54) is 12.7 Å². The third-order valence-corrected chi connectivity index (χ3v) is 5.46. The molecule has 0 saturated carbocycles. The Labute approximate surface area is 202 Å². The highest BCUT2D eigenvalue weighted by atomic mass is 79.9. The lowest BCUT2D eigenvalue weighted by molar-refractivity contribution is 0.0967. The highest BCUT2D eigenvalue weighted by molar-refractivity contribution is 9.10. The molecule has 4 rings (SSSR count). The van der Waals surface area contributed by atoms with Crippen LogP contribution in [0, 0.1) is 0 Å². The Morgan fingerprint density at radius 3 is 1.34 bits per heavy atom. The van der Waals surface area contributed by atoms with Crippen LogP contribution in [0.5, 0.6) is 0 Å². The van der Waals surface area contributed by atoms with E-state index in [9.17, 15) is 9.59 Å². The van der Waals surface area contributed by atoms with Gasteiger partial charge in [-0.25, -0.2) is 9.97 Å². The Hall–Kier alpha value is -2.98. The molecule has 164 valence electrons. The molecule has 0 unspecified atom stereocenters. The van der Waals surface area contributed by atoms with E-state index >= 15 is 0 Å². The second-order valence-corrected chi connectivity index (χ2v) is 8.51. The maximum Gasteiger partial charge on any atom is 0.164 e. The standard InChI is InChI=1S/2C11H10BrN3O/c2*12-10-3-1-9(2-4-10)11(16)5-6-15-8-13-7-14-15/h2*1-4,7-8H,5-6H2. The SMILES string of the molecule is O=C(CCn1cncn1)c1ccc(Br)cc1.O=C(CCn1cncn1)c1ccc(Br)cc1. The van der Waals surface area contributed by atoms with Crippen LogP contribution in [-0.4, -0.2) is 41.1 Å². The number of halogens is 2. The fraction of sp³-hybridized carbons (Fsp3) is 0.182. The summed E-state index contributed by atoms with van der Waals surface area (Å²) in [6.45, 7) is 1.13. The van der Waals surface area contributed by atoms with Crippen LogP contribution in [0.2, 0.25) is 0 Å². The first-order chi connectivity index (χ1) is 15.5. The van der Waals surface area contributed by atoms with E-state index in [0.29, 0.717) is 25.9 Å². The van der Waals surface area contributed by atoms with Crippen molar-refractivity contribution in [1.29, 1.82) is 0 Å². The number of Topliss-reactive ketones (excluding diaryl/α,β-unsaturated/α-hetero) is 2. The van der Waals surface area contributed by atoms with E-state index in [1.54, 1.807) is 22.0 Å². The molecule has 8 nitrogen and oxygen atoms in total. The molecule has 4 aromatic rings. The second kappa shape index (κ2) is 12.2. The van der Waals surface area contributed by atoms with Crippen LogP contribution in [-0.2, 0) is 13.1 Å². The Kier molecular flexibility index (Phi) is 9.00. The van der Waals surface area contributed by atoms with Crippen LogP contribution in [0.1, 0.15) is 33.6 Å². The van der Waals surface area contributed by atoms with Gasteiger partial charge in [-0.05, 0) is 24.3 Å². The maximum atomic E-state index is 11.8. The normalized spacial score (nSPS) is 10.3.